The fraction of sp³-hybridized carbons (Fsp3) is 0.571. The van der Waals surface area contributed by atoms with E-state index in [0.717, 1.165) is 19.6 Å². The summed E-state index contributed by atoms with van der Waals surface area (Å²) in [5, 5.41) is 0. The van der Waals surface area contributed by atoms with Gasteiger partial charge in [-0.3, -0.25) is 9.69 Å². The summed E-state index contributed by atoms with van der Waals surface area (Å²) in [6.07, 6.45) is 1.33. The van der Waals surface area contributed by atoms with E-state index in [4.69, 9.17) is 0 Å². The van der Waals surface area contributed by atoms with Crippen LogP contribution in [0.5, 0.6) is 0 Å². The summed E-state index contributed by atoms with van der Waals surface area (Å²) in [6, 6.07) is 2.76. The Morgan fingerprint density at radius 2 is 2.05 bits per heavy atom. The van der Waals surface area contributed by atoms with Gasteiger partial charge < -0.3 is 4.90 Å². The van der Waals surface area contributed by atoms with Crippen molar-refractivity contribution in [3.05, 3.63) is 29.8 Å². The van der Waals surface area contributed by atoms with Crippen molar-refractivity contribution in [2.24, 2.45) is 5.92 Å². The zero-order chi connectivity index (χ0) is 13.8. The lowest BCUT2D eigenvalue weighted by molar-refractivity contribution is 0.0623. The Balaban J connectivity index is 1.92. The number of hydrogen-bond donors (Lipinski definition) is 0. The summed E-state index contributed by atoms with van der Waals surface area (Å²) < 4.78 is 13.0. The number of aromatic nitrogens is 1. The minimum absolute atomic E-state index is 0.106. The lowest BCUT2D eigenvalue weighted by Crippen LogP contribution is -2.49. The molecule has 1 amide bonds. The first-order chi connectivity index (χ1) is 9.06. The second kappa shape index (κ2) is 6.10. The zero-order valence-corrected chi connectivity index (χ0v) is 11.5. The Morgan fingerprint density at radius 1 is 1.37 bits per heavy atom. The Hall–Kier alpha value is -1.49. The Bertz CT molecular complexity index is 442. The van der Waals surface area contributed by atoms with Crippen LogP contribution in [0.4, 0.5) is 4.39 Å². The number of piperazine rings is 1. The van der Waals surface area contributed by atoms with E-state index in [1.165, 1.54) is 12.3 Å². The first-order valence-corrected chi connectivity index (χ1v) is 6.69. The summed E-state index contributed by atoms with van der Waals surface area (Å²) >= 11 is 0. The predicted molar refractivity (Wildman–Crippen MR) is 71.4 cm³/mol. The number of amides is 1. The highest BCUT2D eigenvalue weighted by Crippen LogP contribution is 2.10. The number of carbonyl (C=O) groups is 1. The van der Waals surface area contributed by atoms with Crippen molar-refractivity contribution >= 4 is 5.91 Å². The standard InChI is InChI=1S/C14H20FN3O/c1-11(2)10-17-5-7-18(8-6-17)14(19)12-3-4-16-13(15)9-12/h3-4,9,11H,5-8,10H2,1-2H3. The monoisotopic (exact) mass is 265 g/mol. The summed E-state index contributed by atoms with van der Waals surface area (Å²) in [5.41, 5.74) is 0.379. The van der Waals surface area contributed by atoms with Crippen LogP contribution < -0.4 is 0 Å². The van der Waals surface area contributed by atoms with Gasteiger partial charge in [-0.25, -0.2) is 4.98 Å². The van der Waals surface area contributed by atoms with Gasteiger partial charge in [0.05, 0.1) is 0 Å². The highest BCUT2D eigenvalue weighted by molar-refractivity contribution is 5.94. The molecule has 0 unspecified atom stereocenters. The second-order valence-corrected chi connectivity index (χ2v) is 5.35. The summed E-state index contributed by atoms with van der Waals surface area (Å²) in [6.45, 7) is 8.63. The number of pyridine rings is 1. The van der Waals surface area contributed by atoms with E-state index in [-0.39, 0.29) is 5.91 Å². The zero-order valence-electron chi connectivity index (χ0n) is 11.5. The molecule has 1 aromatic rings. The van der Waals surface area contributed by atoms with Gasteiger partial charge in [-0.15, -0.1) is 0 Å². The largest absolute Gasteiger partial charge is 0.336 e. The fourth-order valence-corrected chi connectivity index (χ4v) is 2.37. The number of carbonyl (C=O) groups excluding carboxylic acids is 1. The molecule has 19 heavy (non-hydrogen) atoms. The van der Waals surface area contributed by atoms with Gasteiger partial charge in [0.15, 0.2) is 0 Å². The molecule has 1 saturated heterocycles. The molecule has 0 N–H and O–H groups in total. The highest BCUT2D eigenvalue weighted by atomic mass is 19.1. The lowest BCUT2D eigenvalue weighted by Gasteiger charge is -2.35. The van der Waals surface area contributed by atoms with Crippen molar-refractivity contribution in [2.75, 3.05) is 32.7 Å². The van der Waals surface area contributed by atoms with E-state index in [2.05, 4.69) is 23.7 Å². The van der Waals surface area contributed by atoms with Crippen molar-refractivity contribution in [1.82, 2.24) is 14.8 Å². The van der Waals surface area contributed by atoms with Gasteiger partial charge in [-0.05, 0) is 12.0 Å². The molecule has 0 spiro atoms. The molecule has 0 radical (unpaired) electrons. The molecule has 0 bridgehead atoms. The SMILES string of the molecule is CC(C)CN1CCN(C(=O)c2ccnc(F)c2)CC1. The maximum Gasteiger partial charge on any atom is 0.254 e. The number of hydrogen-bond acceptors (Lipinski definition) is 3. The van der Waals surface area contributed by atoms with Crippen molar-refractivity contribution in [3.63, 3.8) is 0 Å². The molecule has 4 nitrogen and oxygen atoms in total. The molecule has 1 aliphatic rings. The Kier molecular flexibility index (Phi) is 4.47. The predicted octanol–water partition coefficient (Wildman–Crippen LogP) is 1.63. The minimum atomic E-state index is -0.607. The average Bonchev–Trinajstić information content (AvgIpc) is 2.38. The molecular formula is C14H20FN3O. The van der Waals surface area contributed by atoms with Gasteiger partial charge in [0.25, 0.3) is 5.91 Å². The molecule has 5 heteroatoms. The van der Waals surface area contributed by atoms with Gasteiger partial charge in [-0.2, -0.15) is 4.39 Å². The fourth-order valence-electron chi connectivity index (χ4n) is 2.37. The molecular weight excluding hydrogens is 245 g/mol. The summed E-state index contributed by atoms with van der Waals surface area (Å²) in [4.78, 5) is 19.8. The molecule has 1 aromatic heterocycles. The van der Waals surface area contributed by atoms with Crippen molar-refractivity contribution in [3.8, 4) is 0 Å². The third-order valence-corrected chi connectivity index (χ3v) is 3.26. The van der Waals surface area contributed by atoms with Crippen LogP contribution >= 0.6 is 0 Å². The Labute approximate surface area is 113 Å². The molecule has 2 rings (SSSR count). The van der Waals surface area contributed by atoms with Crippen molar-refractivity contribution < 1.29 is 9.18 Å². The van der Waals surface area contributed by atoms with Crippen LogP contribution in [-0.2, 0) is 0 Å². The lowest BCUT2D eigenvalue weighted by atomic mass is 10.1. The van der Waals surface area contributed by atoms with E-state index >= 15 is 0 Å². The summed E-state index contributed by atoms with van der Waals surface area (Å²) in [5.74, 6) is -0.0775. The smallest absolute Gasteiger partial charge is 0.254 e. The second-order valence-electron chi connectivity index (χ2n) is 5.35. The third kappa shape index (κ3) is 3.73. The van der Waals surface area contributed by atoms with Crippen LogP contribution in [0.3, 0.4) is 0 Å². The maximum atomic E-state index is 13.0. The van der Waals surface area contributed by atoms with Crippen LogP contribution in [0.1, 0.15) is 24.2 Å². The molecule has 2 heterocycles. The quantitative estimate of drug-likeness (QED) is 0.779. The average molecular weight is 265 g/mol. The van der Waals surface area contributed by atoms with Gasteiger partial charge in [-0.1, -0.05) is 13.8 Å². The van der Waals surface area contributed by atoms with Crippen molar-refractivity contribution in [1.29, 1.82) is 0 Å². The normalized spacial score (nSPS) is 16.9. The van der Waals surface area contributed by atoms with E-state index in [1.54, 1.807) is 11.0 Å². The van der Waals surface area contributed by atoms with Crippen LogP contribution in [0.2, 0.25) is 0 Å². The van der Waals surface area contributed by atoms with Crippen LogP contribution in [-0.4, -0.2) is 53.4 Å². The van der Waals surface area contributed by atoms with Gasteiger partial charge >= 0.3 is 0 Å². The minimum Gasteiger partial charge on any atom is -0.336 e. The molecule has 0 atom stereocenters. The number of halogens is 1. The molecule has 104 valence electrons. The van der Waals surface area contributed by atoms with Gasteiger partial charge in [0.1, 0.15) is 0 Å². The summed E-state index contributed by atoms with van der Waals surface area (Å²) in [7, 11) is 0. The first-order valence-electron chi connectivity index (χ1n) is 6.69. The third-order valence-electron chi connectivity index (χ3n) is 3.26. The molecule has 1 aliphatic heterocycles. The number of rotatable bonds is 3. The Morgan fingerprint density at radius 3 is 2.63 bits per heavy atom. The highest BCUT2D eigenvalue weighted by Gasteiger charge is 2.22. The van der Waals surface area contributed by atoms with E-state index < -0.39 is 5.95 Å². The topological polar surface area (TPSA) is 36.4 Å². The van der Waals surface area contributed by atoms with E-state index in [0.29, 0.717) is 24.6 Å². The molecule has 0 aromatic carbocycles. The van der Waals surface area contributed by atoms with E-state index in [1.807, 2.05) is 0 Å². The van der Waals surface area contributed by atoms with Gasteiger partial charge in [0, 0.05) is 50.6 Å². The number of nitrogens with zero attached hydrogens (tertiary/aromatic N) is 3. The van der Waals surface area contributed by atoms with Crippen LogP contribution in [0, 0.1) is 11.9 Å². The molecule has 0 saturated carbocycles. The van der Waals surface area contributed by atoms with Crippen molar-refractivity contribution in [2.45, 2.75) is 13.8 Å². The van der Waals surface area contributed by atoms with E-state index in [9.17, 15) is 9.18 Å². The van der Waals surface area contributed by atoms with Crippen LogP contribution in [0.25, 0.3) is 0 Å². The first kappa shape index (κ1) is 13.9. The maximum absolute atomic E-state index is 13.0. The van der Waals surface area contributed by atoms with Gasteiger partial charge in [0.2, 0.25) is 5.95 Å². The molecule has 1 fully saturated rings. The molecule has 0 aliphatic carbocycles. The van der Waals surface area contributed by atoms with Crippen LogP contribution in [0.15, 0.2) is 18.3 Å².